The minimum absolute atomic E-state index is 0. The molecule has 11 nitrogen and oxygen atoms in total. The maximum Gasteiger partial charge on any atom is 0.309 e. The van der Waals surface area contributed by atoms with Gasteiger partial charge in [-0.15, -0.1) is 0 Å². The molecule has 0 aromatic heterocycles. The van der Waals surface area contributed by atoms with Crippen molar-refractivity contribution in [3.8, 4) is 0 Å². The Morgan fingerprint density at radius 3 is 1.39 bits per heavy atom. The molecule has 2 saturated heterocycles. The third-order valence-corrected chi connectivity index (χ3v) is 8.38. The van der Waals surface area contributed by atoms with Gasteiger partial charge in [0, 0.05) is 36.5 Å². The minimum Gasteiger partial charge on any atom is -0.481 e. The molecule has 2 fully saturated rings. The predicted molar refractivity (Wildman–Crippen MR) is 149 cm³/mol. The quantitative estimate of drug-likeness (QED) is 0.150. The van der Waals surface area contributed by atoms with Gasteiger partial charge < -0.3 is 29.9 Å². The zero-order valence-electron chi connectivity index (χ0n) is 24.2. The molecule has 0 radical (unpaired) electrons. The number of carbonyl (C=O) groups is 5. The van der Waals surface area contributed by atoms with E-state index in [1.54, 1.807) is 0 Å². The van der Waals surface area contributed by atoms with Gasteiger partial charge in [-0.05, 0) is 25.7 Å². The molecule has 2 rings (SSSR count). The van der Waals surface area contributed by atoms with E-state index in [0.717, 1.165) is 0 Å². The average molecular weight is 587 g/mol. The number of unbranched alkanes of at least 4 members (excludes halogenated alkanes) is 2. The number of hydrogen-bond acceptors (Lipinski definition) is 9. The normalized spacial score (nSPS) is 26.9. The lowest BCUT2D eigenvalue weighted by Gasteiger charge is -2.42. The zero-order valence-corrected chi connectivity index (χ0v) is 24.2. The van der Waals surface area contributed by atoms with E-state index in [9.17, 15) is 34.2 Å². The average Bonchev–Trinajstić information content (AvgIpc) is 2.76. The van der Waals surface area contributed by atoms with Crippen LogP contribution in [-0.4, -0.2) is 73.5 Å². The van der Waals surface area contributed by atoms with Crippen LogP contribution in [0.1, 0.15) is 125 Å². The number of Topliss-reactive ketones (excluding diaryl/α,β-unsaturated/α-hetero) is 1. The first kappa shape index (κ1) is 36.5. The van der Waals surface area contributed by atoms with Crippen LogP contribution in [0, 0.1) is 10.8 Å². The molecular formula is C30H50O11. The first-order chi connectivity index (χ1) is 18.3. The zero-order chi connectivity index (χ0) is 30.4. The summed E-state index contributed by atoms with van der Waals surface area (Å²) < 4.78 is 10.9. The molecule has 4 unspecified atom stereocenters. The highest BCUT2D eigenvalue weighted by Crippen LogP contribution is 2.41. The molecule has 4 N–H and O–H groups in total. The number of aliphatic carboxylic acids is 2. The largest absolute Gasteiger partial charge is 0.481 e. The third-order valence-electron chi connectivity index (χ3n) is 8.38. The molecule has 0 aromatic carbocycles. The Kier molecular flexibility index (Phi) is 13.0. The van der Waals surface area contributed by atoms with Crippen molar-refractivity contribution in [3.05, 3.63) is 0 Å². The van der Waals surface area contributed by atoms with Gasteiger partial charge >= 0.3 is 23.9 Å². The van der Waals surface area contributed by atoms with Crippen LogP contribution in [0.2, 0.25) is 0 Å². The number of cyclic esters (lactones) is 2. The van der Waals surface area contributed by atoms with Crippen molar-refractivity contribution >= 4 is 29.7 Å². The van der Waals surface area contributed by atoms with E-state index in [4.69, 9.17) is 19.7 Å². The molecule has 0 aromatic rings. The summed E-state index contributed by atoms with van der Waals surface area (Å²) in [4.78, 5) is 58.7. The Balaban J connectivity index is 0.00000840. The lowest BCUT2D eigenvalue weighted by atomic mass is 9.73. The fraction of sp³-hybridized carbons (Fsp3) is 0.833. The molecule has 0 amide bonds. The fourth-order valence-electron chi connectivity index (χ4n) is 5.81. The van der Waals surface area contributed by atoms with Crippen LogP contribution in [0.3, 0.4) is 0 Å². The van der Waals surface area contributed by atoms with Crippen LogP contribution in [0.25, 0.3) is 0 Å². The number of ether oxygens (including phenoxy) is 2. The van der Waals surface area contributed by atoms with Crippen molar-refractivity contribution in [3.63, 3.8) is 0 Å². The van der Waals surface area contributed by atoms with Crippen molar-refractivity contribution in [1.82, 2.24) is 0 Å². The maximum atomic E-state index is 12.4. The number of esters is 2. The monoisotopic (exact) mass is 586 g/mol. The molecule has 2 aliphatic heterocycles. The van der Waals surface area contributed by atoms with Crippen molar-refractivity contribution in [2.45, 2.75) is 148 Å². The molecule has 4 atom stereocenters. The van der Waals surface area contributed by atoms with Crippen LogP contribution in [0.4, 0.5) is 0 Å². The molecule has 0 bridgehead atoms. The van der Waals surface area contributed by atoms with Gasteiger partial charge in [0.2, 0.25) is 0 Å². The summed E-state index contributed by atoms with van der Waals surface area (Å²) in [6, 6.07) is 0. The highest BCUT2D eigenvalue weighted by Gasteiger charge is 2.47. The van der Waals surface area contributed by atoms with Gasteiger partial charge in [0.1, 0.15) is 18.0 Å². The van der Waals surface area contributed by atoms with Gasteiger partial charge in [-0.1, -0.05) is 48.0 Å². The molecule has 11 heteroatoms. The summed E-state index contributed by atoms with van der Waals surface area (Å²) in [5.74, 6) is -3.42. The first-order valence-corrected chi connectivity index (χ1v) is 14.1. The van der Waals surface area contributed by atoms with Gasteiger partial charge in [0.25, 0.3) is 0 Å². The van der Waals surface area contributed by atoms with Crippen LogP contribution < -0.4 is 0 Å². The Labute approximate surface area is 243 Å². The van der Waals surface area contributed by atoms with Gasteiger partial charge in [0.15, 0.2) is 0 Å². The molecule has 0 spiro atoms. The van der Waals surface area contributed by atoms with Crippen LogP contribution in [-0.2, 0) is 33.4 Å². The standard InChI is InChI=1S/C29H46O11.CH4/c1-26(2,20-13-28(37,15-22(31)32)17-24(35)39-20)11-7-5-9-19(30)10-6-8-12-27(3,4)21-14-29(38,16-23(33)34)18-25(36)40-21;/h20-21,37-38H,5-18H2,1-4H3,(H,31,32)(H,33,34);1H4. The summed E-state index contributed by atoms with van der Waals surface area (Å²) in [6.45, 7) is 7.64. The van der Waals surface area contributed by atoms with Crippen LogP contribution in [0.15, 0.2) is 0 Å². The number of ketones is 1. The number of hydrogen-bond donors (Lipinski definition) is 4. The first-order valence-electron chi connectivity index (χ1n) is 14.1. The number of carboxylic acids is 2. The smallest absolute Gasteiger partial charge is 0.309 e. The predicted octanol–water partition coefficient (Wildman–Crippen LogP) is 4.19. The fourth-order valence-corrected chi connectivity index (χ4v) is 5.81. The second-order valence-corrected chi connectivity index (χ2v) is 13.2. The lowest BCUT2D eigenvalue weighted by Crippen LogP contribution is -2.49. The van der Waals surface area contributed by atoms with E-state index in [1.807, 2.05) is 27.7 Å². The van der Waals surface area contributed by atoms with E-state index in [0.29, 0.717) is 51.4 Å². The third kappa shape index (κ3) is 11.7. The van der Waals surface area contributed by atoms with Crippen molar-refractivity contribution in [1.29, 1.82) is 0 Å². The summed E-state index contributed by atoms with van der Waals surface area (Å²) in [7, 11) is 0. The highest BCUT2D eigenvalue weighted by molar-refractivity contribution is 5.78. The molecule has 2 heterocycles. The molecular weight excluding hydrogens is 536 g/mol. The van der Waals surface area contributed by atoms with E-state index in [2.05, 4.69) is 0 Å². The molecule has 2 aliphatic rings. The lowest BCUT2D eigenvalue weighted by molar-refractivity contribution is -0.185. The Bertz CT molecular complexity index is 874. The second-order valence-electron chi connectivity index (χ2n) is 13.2. The van der Waals surface area contributed by atoms with Gasteiger partial charge in [-0.2, -0.15) is 0 Å². The number of rotatable bonds is 16. The Hall–Kier alpha value is -2.53. The summed E-state index contributed by atoms with van der Waals surface area (Å²) in [5, 5.41) is 39.4. The molecule has 0 aliphatic carbocycles. The SMILES string of the molecule is C.CC(C)(CCCCC(=O)CCCCC(C)(C)C1CC(O)(CC(=O)O)CC(=O)O1)C1CC(O)(CC(=O)O)CC(=O)O1. The van der Waals surface area contributed by atoms with Crippen molar-refractivity contribution in [2.75, 3.05) is 0 Å². The minimum atomic E-state index is -1.62. The molecule has 41 heavy (non-hydrogen) atoms. The Morgan fingerprint density at radius 1 is 0.732 bits per heavy atom. The van der Waals surface area contributed by atoms with Gasteiger partial charge in [-0.25, -0.2) is 0 Å². The number of aliphatic hydroxyl groups is 2. The summed E-state index contributed by atoms with van der Waals surface area (Å²) >= 11 is 0. The van der Waals surface area contributed by atoms with E-state index >= 15 is 0 Å². The van der Waals surface area contributed by atoms with Crippen LogP contribution >= 0.6 is 0 Å². The van der Waals surface area contributed by atoms with Crippen molar-refractivity contribution in [2.24, 2.45) is 10.8 Å². The summed E-state index contributed by atoms with van der Waals surface area (Å²) in [5.41, 5.74) is -4.22. The topological polar surface area (TPSA) is 185 Å². The highest BCUT2D eigenvalue weighted by atomic mass is 16.6. The van der Waals surface area contributed by atoms with Gasteiger partial charge in [-0.3, -0.25) is 24.0 Å². The summed E-state index contributed by atoms with van der Waals surface area (Å²) in [6.07, 6.45) is 2.05. The number of carboxylic acid groups (broad SMARTS) is 2. The maximum absolute atomic E-state index is 12.4. The van der Waals surface area contributed by atoms with Crippen molar-refractivity contribution < 1.29 is 53.9 Å². The van der Waals surface area contributed by atoms with Crippen LogP contribution in [0.5, 0.6) is 0 Å². The molecule has 236 valence electrons. The second kappa shape index (κ2) is 14.6. The van der Waals surface area contributed by atoms with Gasteiger partial charge in [0.05, 0.1) is 36.9 Å². The van der Waals surface area contributed by atoms with E-state index < -0.39 is 71.0 Å². The Morgan fingerprint density at radius 2 is 1.07 bits per heavy atom. The van der Waals surface area contributed by atoms with E-state index in [1.165, 1.54) is 0 Å². The number of carbonyl (C=O) groups excluding carboxylic acids is 3. The molecule has 0 saturated carbocycles. The van der Waals surface area contributed by atoms with E-state index in [-0.39, 0.29) is 38.9 Å².